The average molecular weight is 444 g/mol. The lowest BCUT2D eigenvalue weighted by Crippen LogP contribution is -2.25. The number of carbonyl (C=O) groups excluding carboxylic acids is 1. The summed E-state index contributed by atoms with van der Waals surface area (Å²) in [4.78, 5) is 12.2. The number of amides is 1. The van der Waals surface area contributed by atoms with Crippen LogP contribution in [0.25, 0.3) is 10.8 Å². The third-order valence-corrected chi connectivity index (χ3v) is 5.06. The van der Waals surface area contributed by atoms with Crippen LogP contribution in [0.2, 0.25) is 5.02 Å². The van der Waals surface area contributed by atoms with Crippen LogP contribution in [-0.2, 0) is 11.4 Å². The van der Waals surface area contributed by atoms with Crippen molar-refractivity contribution >= 4 is 40.2 Å². The summed E-state index contributed by atoms with van der Waals surface area (Å²) < 4.78 is 5.91. The number of halogens is 1. The molecule has 0 heterocycles. The fourth-order valence-corrected chi connectivity index (χ4v) is 3.49. The number of hydrogen-bond acceptors (Lipinski definition) is 4. The van der Waals surface area contributed by atoms with E-state index < -0.39 is 0 Å². The van der Waals surface area contributed by atoms with E-state index in [0.717, 1.165) is 27.6 Å². The van der Waals surface area contributed by atoms with E-state index in [0.29, 0.717) is 17.4 Å². The minimum absolute atomic E-state index is 0.109. The molecule has 0 aromatic heterocycles. The SMILES string of the molecule is O=C(CNc1cccc2ccccc12)N/N=C\c1ccccc1OCc1cccc(Cl)c1. The van der Waals surface area contributed by atoms with Crippen molar-refractivity contribution in [2.45, 2.75) is 6.61 Å². The van der Waals surface area contributed by atoms with Crippen LogP contribution in [0.4, 0.5) is 5.69 Å². The number of carbonyl (C=O) groups is 1. The van der Waals surface area contributed by atoms with Gasteiger partial charge in [0.05, 0.1) is 12.8 Å². The molecule has 0 aliphatic carbocycles. The second-order valence-corrected chi connectivity index (χ2v) is 7.57. The average Bonchev–Trinajstić information content (AvgIpc) is 2.82. The van der Waals surface area contributed by atoms with Gasteiger partial charge in [-0.15, -0.1) is 0 Å². The van der Waals surface area contributed by atoms with Crippen molar-refractivity contribution in [3.05, 3.63) is 107 Å². The molecular weight excluding hydrogens is 422 g/mol. The molecule has 6 heteroatoms. The zero-order chi connectivity index (χ0) is 22.2. The highest BCUT2D eigenvalue weighted by Gasteiger charge is 2.05. The number of nitrogens with zero attached hydrogens (tertiary/aromatic N) is 1. The lowest BCUT2D eigenvalue weighted by Gasteiger charge is -2.10. The molecule has 4 aromatic rings. The highest BCUT2D eigenvalue weighted by atomic mass is 35.5. The first-order valence-electron chi connectivity index (χ1n) is 10.2. The first-order chi connectivity index (χ1) is 15.7. The van der Waals surface area contributed by atoms with Crippen LogP contribution >= 0.6 is 11.6 Å². The minimum atomic E-state index is -0.244. The van der Waals surface area contributed by atoms with Gasteiger partial charge in [0.25, 0.3) is 5.91 Å². The number of para-hydroxylation sites is 1. The van der Waals surface area contributed by atoms with Gasteiger partial charge in [-0.3, -0.25) is 4.79 Å². The molecule has 160 valence electrons. The van der Waals surface area contributed by atoms with Gasteiger partial charge in [-0.2, -0.15) is 5.10 Å². The molecule has 4 aromatic carbocycles. The van der Waals surface area contributed by atoms with E-state index in [2.05, 4.69) is 15.8 Å². The molecule has 4 rings (SSSR count). The molecular formula is C26H22ClN3O2. The molecule has 0 unspecified atom stereocenters. The molecule has 0 atom stereocenters. The second-order valence-electron chi connectivity index (χ2n) is 7.13. The Morgan fingerprint density at radius 1 is 0.938 bits per heavy atom. The van der Waals surface area contributed by atoms with E-state index in [4.69, 9.17) is 16.3 Å². The maximum absolute atomic E-state index is 12.2. The molecule has 0 aliphatic heterocycles. The fraction of sp³-hybridized carbons (Fsp3) is 0.0769. The van der Waals surface area contributed by atoms with Crippen LogP contribution in [0.5, 0.6) is 5.75 Å². The lowest BCUT2D eigenvalue weighted by molar-refractivity contribution is -0.119. The van der Waals surface area contributed by atoms with Crippen molar-refractivity contribution in [3.63, 3.8) is 0 Å². The number of nitrogens with one attached hydrogen (secondary N) is 2. The predicted octanol–water partition coefficient (Wildman–Crippen LogP) is 5.63. The van der Waals surface area contributed by atoms with Crippen molar-refractivity contribution < 1.29 is 9.53 Å². The molecule has 0 fully saturated rings. The van der Waals surface area contributed by atoms with Gasteiger partial charge in [0, 0.05) is 21.7 Å². The Hall–Kier alpha value is -3.83. The zero-order valence-electron chi connectivity index (χ0n) is 17.3. The van der Waals surface area contributed by atoms with Crippen molar-refractivity contribution in [2.24, 2.45) is 5.10 Å². The number of hydrogen-bond donors (Lipinski definition) is 2. The van der Waals surface area contributed by atoms with Crippen LogP contribution in [0.1, 0.15) is 11.1 Å². The maximum atomic E-state index is 12.2. The monoisotopic (exact) mass is 443 g/mol. The molecule has 0 bridgehead atoms. The summed E-state index contributed by atoms with van der Waals surface area (Å²) in [6.07, 6.45) is 1.57. The summed E-state index contributed by atoms with van der Waals surface area (Å²) in [5.74, 6) is 0.422. The van der Waals surface area contributed by atoms with Crippen LogP contribution in [0, 0.1) is 0 Å². The molecule has 2 N–H and O–H groups in total. The minimum Gasteiger partial charge on any atom is -0.488 e. The van der Waals surface area contributed by atoms with E-state index >= 15 is 0 Å². The zero-order valence-corrected chi connectivity index (χ0v) is 18.0. The van der Waals surface area contributed by atoms with Crippen molar-refractivity contribution in [2.75, 3.05) is 11.9 Å². The quantitative estimate of drug-likeness (QED) is 0.274. The standard InChI is InChI=1S/C26H22ClN3O2/c27-22-11-5-7-19(15-22)18-32-25-14-4-2-9-21(25)16-29-30-26(31)17-28-24-13-6-10-20-8-1-3-12-23(20)24/h1-16,28H,17-18H2,(H,30,31)/b29-16-. The molecule has 0 radical (unpaired) electrons. The first kappa shape index (κ1) is 21.4. The van der Waals surface area contributed by atoms with Gasteiger partial charge in [0.2, 0.25) is 0 Å². The van der Waals surface area contributed by atoms with Gasteiger partial charge < -0.3 is 10.1 Å². The molecule has 32 heavy (non-hydrogen) atoms. The first-order valence-corrected chi connectivity index (χ1v) is 10.6. The lowest BCUT2D eigenvalue weighted by atomic mass is 10.1. The Labute approximate surface area is 191 Å². The van der Waals surface area contributed by atoms with E-state index in [1.165, 1.54) is 0 Å². The van der Waals surface area contributed by atoms with Crippen LogP contribution < -0.4 is 15.5 Å². The Morgan fingerprint density at radius 2 is 1.72 bits per heavy atom. The second kappa shape index (κ2) is 10.5. The Balaban J connectivity index is 1.33. The van der Waals surface area contributed by atoms with Gasteiger partial charge in [-0.1, -0.05) is 72.3 Å². The normalized spacial score (nSPS) is 10.9. The van der Waals surface area contributed by atoms with Crippen molar-refractivity contribution in [1.29, 1.82) is 0 Å². The van der Waals surface area contributed by atoms with Gasteiger partial charge in [-0.05, 0) is 41.3 Å². The number of anilines is 1. The highest BCUT2D eigenvalue weighted by Crippen LogP contribution is 2.22. The summed E-state index contributed by atoms with van der Waals surface area (Å²) in [6.45, 7) is 0.491. The van der Waals surface area contributed by atoms with E-state index in [-0.39, 0.29) is 12.5 Å². The largest absolute Gasteiger partial charge is 0.488 e. The van der Waals surface area contributed by atoms with Crippen LogP contribution in [0.15, 0.2) is 96.1 Å². The summed E-state index contributed by atoms with van der Waals surface area (Å²) in [7, 11) is 0. The van der Waals surface area contributed by atoms with Gasteiger partial charge in [0.15, 0.2) is 0 Å². The number of fused-ring (bicyclic) bond motifs is 1. The summed E-state index contributed by atoms with van der Waals surface area (Å²) >= 11 is 6.03. The van der Waals surface area contributed by atoms with Crippen molar-refractivity contribution in [1.82, 2.24) is 5.43 Å². The molecule has 5 nitrogen and oxygen atoms in total. The van der Waals surface area contributed by atoms with Crippen LogP contribution in [-0.4, -0.2) is 18.7 Å². The smallest absolute Gasteiger partial charge is 0.259 e. The maximum Gasteiger partial charge on any atom is 0.259 e. The Kier molecular flexibility index (Phi) is 7.00. The number of rotatable bonds is 8. The summed E-state index contributed by atoms with van der Waals surface area (Å²) in [5, 5.41) is 10.1. The van der Waals surface area contributed by atoms with E-state index in [1.54, 1.807) is 6.21 Å². The summed E-state index contributed by atoms with van der Waals surface area (Å²) in [5.41, 5.74) is 5.19. The molecule has 1 amide bonds. The number of hydrazone groups is 1. The highest BCUT2D eigenvalue weighted by molar-refractivity contribution is 6.30. The molecule has 0 aliphatic rings. The molecule has 0 saturated heterocycles. The van der Waals surface area contributed by atoms with Gasteiger partial charge in [-0.25, -0.2) is 5.43 Å². The third-order valence-electron chi connectivity index (χ3n) is 4.82. The third kappa shape index (κ3) is 5.65. The molecule has 0 spiro atoms. The van der Waals surface area contributed by atoms with Gasteiger partial charge in [0.1, 0.15) is 12.4 Å². The predicted molar refractivity (Wildman–Crippen MR) is 130 cm³/mol. The van der Waals surface area contributed by atoms with E-state index in [1.807, 2.05) is 91.0 Å². The van der Waals surface area contributed by atoms with E-state index in [9.17, 15) is 4.79 Å². The van der Waals surface area contributed by atoms with Crippen molar-refractivity contribution in [3.8, 4) is 5.75 Å². The summed E-state index contributed by atoms with van der Waals surface area (Å²) in [6, 6.07) is 29.0. The fourth-order valence-electron chi connectivity index (χ4n) is 3.27. The Bertz CT molecular complexity index is 1250. The van der Waals surface area contributed by atoms with Gasteiger partial charge >= 0.3 is 0 Å². The molecule has 0 saturated carbocycles. The number of ether oxygens (including phenoxy) is 1. The number of benzene rings is 4. The Morgan fingerprint density at radius 3 is 2.62 bits per heavy atom. The topological polar surface area (TPSA) is 62.7 Å². The van der Waals surface area contributed by atoms with Crippen LogP contribution in [0.3, 0.4) is 0 Å².